The van der Waals surface area contributed by atoms with Gasteiger partial charge in [-0.15, -0.1) is 0 Å². The smallest absolute Gasteiger partial charge is 0.300 e. The van der Waals surface area contributed by atoms with Crippen LogP contribution in [0.25, 0.3) is 6.08 Å². The molecule has 32 heavy (non-hydrogen) atoms. The van der Waals surface area contributed by atoms with Crippen molar-refractivity contribution < 1.29 is 9.53 Å². The van der Waals surface area contributed by atoms with Crippen LogP contribution in [0.1, 0.15) is 90.5 Å². The molecule has 0 atom stereocenters. The maximum atomic E-state index is 13.2. The zero-order valence-electron chi connectivity index (χ0n) is 20.3. The summed E-state index contributed by atoms with van der Waals surface area (Å²) < 4.78 is 6.07. The van der Waals surface area contributed by atoms with Crippen molar-refractivity contribution >= 4 is 23.7 Å². The molecule has 1 saturated heterocycles. The number of rotatable bonds is 11. The maximum absolute atomic E-state index is 13.2. The van der Waals surface area contributed by atoms with Gasteiger partial charge in [0.25, 0.3) is 5.91 Å². The van der Waals surface area contributed by atoms with Crippen LogP contribution in [0.15, 0.2) is 35.0 Å². The summed E-state index contributed by atoms with van der Waals surface area (Å²) in [4.78, 5) is 22.2. The summed E-state index contributed by atoms with van der Waals surface area (Å²) in [7, 11) is 0. The summed E-state index contributed by atoms with van der Waals surface area (Å²) in [6.45, 7) is 9.19. The Morgan fingerprint density at radius 2 is 1.69 bits per heavy atom. The number of benzene rings is 1. The Kier molecular flexibility index (Phi) is 9.63. The Hall–Kier alpha value is -2.30. The molecule has 2 aliphatic rings. The predicted octanol–water partition coefficient (Wildman–Crippen LogP) is 6.39. The van der Waals surface area contributed by atoms with Gasteiger partial charge in [0.2, 0.25) is 0 Å². The first-order valence-corrected chi connectivity index (χ1v) is 12.8. The molecular weight excluding hydrogens is 398 g/mol. The highest BCUT2D eigenvalue weighted by Crippen LogP contribution is 2.26. The molecule has 1 saturated carbocycles. The first-order chi connectivity index (χ1) is 15.7. The van der Waals surface area contributed by atoms with E-state index in [0.29, 0.717) is 18.3 Å². The van der Waals surface area contributed by atoms with Crippen LogP contribution in [0.4, 0.5) is 5.69 Å². The molecule has 0 radical (unpaired) electrons. The molecule has 3 rings (SSSR count). The zero-order chi connectivity index (χ0) is 22.8. The molecule has 2 fully saturated rings. The van der Waals surface area contributed by atoms with Crippen LogP contribution in [0, 0.1) is 0 Å². The summed E-state index contributed by atoms with van der Waals surface area (Å²) in [5.41, 5.74) is 2.18. The van der Waals surface area contributed by atoms with Gasteiger partial charge in [-0.25, -0.2) is 4.99 Å². The van der Waals surface area contributed by atoms with Crippen LogP contribution in [0.2, 0.25) is 0 Å². The molecule has 0 unspecified atom stereocenters. The minimum atomic E-state index is -0.0529. The van der Waals surface area contributed by atoms with E-state index in [-0.39, 0.29) is 11.9 Å². The van der Waals surface area contributed by atoms with Gasteiger partial charge in [-0.05, 0) is 56.9 Å². The minimum absolute atomic E-state index is 0.0529. The lowest BCUT2D eigenvalue weighted by molar-refractivity contribution is -0.122. The van der Waals surface area contributed by atoms with Gasteiger partial charge in [0.15, 0.2) is 5.76 Å². The number of hydrogen-bond acceptors (Lipinski definition) is 4. The first-order valence-electron chi connectivity index (χ1n) is 12.8. The molecule has 0 spiro atoms. The van der Waals surface area contributed by atoms with E-state index in [4.69, 9.17) is 9.73 Å². The Labute approximate surface area is 194 Å². The number of hydrogen-bond donors (Lipinski definition) is 0. The zero-order valence-corrected chi connectivity index (χ0v) is 20.3. The molecule has 176 valence electrons. The lowest BCUT2D eigenvalue weighted by atomic mass is 9.96. The SMILES string of the molecule is CCCCCCCN1C(=O)/C(=C\c2ccc(N(CC)CC)cc2)OC1=NC1CCCCC1. The van der Waals surface area contributed by atoms with E-state index in [1.54, 1.807) is 4.90 Å². The van der Waals surface area contributed by atoms with Crippen LogP contribution in [0.3, 0.4) is 0 Å². The third-order valence-corrected chi connectivity index (χ3v) is 6.56. The van der Waals surface area contributed by atoms with Gasteiger partial charge >= 0.3 is 6.02 Å². The Balaban J connectivity index is 1.74. The van der Waals surface area contributed by atoms with Gasteiger partial charge in [-0.3, -0.25) is 9.69 Å². The second-order valence-corrected chi connectivity index (χ2v) is 8.95. The molecule has 1 aromatic rings. The topological polar surface area (TPSA) is 45.1 Å². The second kappa shape index (κ2) is 12.7. The fourth-order valence-electron chi connectivity index (χ4n) is 4.56. The Morgan fingerprint density at radius 3 is 2.34 bits per heavy atom. The van der Waals surface area contributed by atoms with Crippen molar-refractivity contribution in [3.05, 3.63) is 35.6 Å². The fraction of sp³-hybridized carbons (Fsp3) is 0.630. The lowest BCUT2D eigenvalue weighted by Gasteiger charge is -2.20. The molecule has 1 aliphatic carbocycles. The van der Waals surface area contributed by atoms with Crippen LogP contribution in [-0.4, -0.2) is 42.5 Å². The number of amides is 1. The molecule has 1 amide bonds. The molecule has 0 N–H and O–H groups in total. The van der Waals surface area contributed by atoms with E-state index in [2.05, 4.69) is 49.9 Å². The van der Waals surface area contributed by atoms with Crippen molar-refractivity contribution in [3.63, 3.8) is 0 Å². The molecule has 5 heteroatoms. The van der Waals surface area contributed by atoms with Crippen molar-refractivity contribution in [2.75, 3.05) is 24.5 Å². The number of nitrogens with zero attached hydrogens (tertiary/aromatic N) is 3. The number of amidine groups is 1. The van der Waals surface area contributed by atoms with Gasteiger partial charge in [-0.1, -0.05) is 64.0 Å². The van der Waals surface area contributed by atoms with E-state index in [1.165, 1.54) is 44.2 Å². The lowest BCUT2D eigenvalue weighted by Crippen LogP contribution is -2.32. The molecule has 1 heterocycles. The van der Waals surface area contributed by atoms with Crippen LogP contribution >= 0.6 is 0 Å². The Bertz CT molecular complexity index is 775. The number of ether oxygens (including phenoxy) is 1. The summed E-state index contributed by atoms with van der Waals surface area (Å²) in [5, 5.41) is 0. The standard InChI is InChI=1S/C27H41N3O2/c1-4-7-8-9-13-20-30-26(31)25(32-27(30)28-23-14-11-10-12-15-23)21-22-16-18-24(19-17-22)29(5-2)6-3/h16-19,21,23H,4-15,20H2,1-3H3/b25-21+,28-27?. The van der Waals surface area contributed by atoms with E-state index in [0.717, 1.165) is 44.3 Å². The molecule has 0 bridgehead atoms. The van der Waals surface area contributed by atoms with Crippen LogP contribution in [-0.2, 0) is 9.53 Å². The van der Waals surface area contributed by atoms with E-state index < -0.39 is 0 Å². The summed E-state index contributed by atoms with van der Waals surface area (Å²) in [5.74, 6) is 0.339. The monoisotopic (exact) mass is 439 g/mol. The number of unbranched alkanes of at least 4 members (excludes halogenated alkanes) is 4. The molecule has 1 aliphatic heterocycles. The van der Waals surface area contributed by atoms with E-state index >= 15 is 0 Å². The van der Waals surface area contributed by atoms with Crippen molar-refractivity contribution in [2.24, 2.45) is 4.99 Å². The van der Waals surface area contributed by atoms with E-state index in [1.807, 2.05) is 6.08 Å². The molecular formula is C27H41N3O2. The third-order valence-electron chi connectivity index (χ3n) is 6.56. The van der Waals surface area contributed by atoms with Gasteiger partial charge in [-0.2, -0.15) is 0 Å². The molecule has 5 nitrogen and oxygen atoms in total. The van der Waals surface area contributed by atoms with Gasteiger partial charge in [0.05, 0.1) is 6.04 Å². The quantitative estimate of drug-likeness (QED) is 0.296. The van der Waals surface area contributed by atoms with Crippen LogP contribution in [0.5, 0.6) is 0 Å². The predicted molar refractivity (Wildman–Crippen MR) is 134 cm³/mol. The Morgan fingerprint density at radius 1 is 1.00 bits per heavy atom. The summed E-state index contributed by atoms with van der Waals surface area (Å²) in [6.07, 6.45) is 13.6. The second-order valence-electron chi connectivity index (χ2n) is 8.95. The first kappa shape index (κ1) is 24.3. The average Bonchev–Trinajstić information content (AvgIpc) is 3.10. The minimum Gasteiger partial charge on any atom is -0.420 e. The summed E-state index contributed by atoms with van der Waals surface area (Å²) >= 11 is 0. The molecule has 0 aromatic heterocycles. The number of aliphatic imine (C=N–C) groups is 1. The van der Waals surface area contributed by atoms with Crippen molar-refractivity contribution in [2.45, 2.75) is 91.0 Å². The maximum Gasteiger partial charge on any atom is 0.300 e. The third kappa shape index (κ3) is 6.60. The number of carbonyl (C=O) groups excluding carboxylic acids is 1. The fourth-order valence-corrected chi connectivity index (χ4v) is 4.56. The highest BCUT2D eigenvalue weighted by atomic mass is 16.5. The largest absolute Gasteiger partial charge is 0.420 e. The highest BCUT2D eigenvalue weighted by Gasteiger charge is 2.35. The van der Waals surface area contributed by atoms with Crippen molar-refractivity contribution in [1.82, 2.24) is 4.90 Å². The molecule has 1 aromatic carbocycles. The van der Waals surface area contributed by atoms with Crippen molar-refractivity contribution in [1.29, 1.82) is 0 Å². The van der Waals surface area contributed by atoms with Gasteiger partial charge < -0.3 is 9.64 Å². The average molecular weight is 440 g/mol. The highest BCUT2D eigenvalue weighted by molar-refractivity contribution is 6.11. The van der Waals surface area contributed by atoms with Gasteiger partial charge in [0, 0.05) is 25.3 Å². The van der Waals surface area contributed by atoms with Crippen molar-refractivity contribution in [3.8, 4) is 0 Å². The van der Waals surface area contributed by atoms with Gasteiger partial charge in [0.1, 0.15) is 0 Å². The number of anilines is 1. The number of carbonyl (C=O) groups is 1. The van der Waals surface area contributed by atoms with Crippen LogP contribution < -0.4 is 4.90 Å². The normalized spacial score (nSPS) is 19.7. The van der Waals surface area contributed by atoms with E-state index in [9.17, 15) is 4.79 Å². The summed E-state index contributed by atoms with van der Waals surface area (Å²) in [6, 6.07) is 9.14.